The van der Waals surface area contributed by atoms with Crippen molar-refractivity contribution in [2.45, 2.75) is 24.4 Å². The van der Waals surface area contributed by atoms with Crippen LogP contribution in [0.1, 0.15) is 23.5 Å². The lowest BCUT2D eigenvalue weighted by molar-refractivity contribution is 0.0730. The number of rotatable bonds is 6. The third kappa shape index (κ3) is 4.99. The van der Waals surface area contributed by atoms with Crippen molar-refractivity contribution < 1.29 is 13.2 Å². The van der Waals surface area contributed by atoms with Crippen LogP contribution < -0.4 is 0 Å². The lowest BCUT2D eigenvalue weighted by Gasteiger charge is -2.37. The number of nitrogens with zero attached hydrogens (tertiary/aromatic N) is 4. The number of ether oxygens (including phenoxy) is 1. The molecule has 1 atom stereocenters. The van der Waals surface area contributed by atoms with Crippen LogP contribution in [0, 0.1) is 0 Å². The molecule has 33 heavy (non-hydrogen) atoms. The zero-order valence-electron chi connectivity index (χ0n) is 18.9. The van der Waals surface area contributed by atoms with E-state index in [0.717, 1.165) is 43.8 Å². The van der Waals surface area contributed by atoms with Gasteiger partial charge >= 0.3 is 0 Å². The van der Waals surface area contributed by atoms with Gasteiger partial charge in [0.05, 0.1) is 34.4 Å². The van der Waals surface area contributed by atoms with Gasteiger partial charge in [-0.15, -0.1) is 11.3 Å². The molecule has 0 unspecified atom stereocenters. The molecule has 2 aromatic carbocycles. The molecule has 0 amide bonds. The number of morpholine rings is 1. The first-order valence-corrected chi connectivity index (χ1v) is 13.7. The molecule has 2 fully saturated rings. The third-order valence-electron chi connectivity index (χ3n) is 6.53. The Bertz CT molecular complexity index is 1170. The van der Waals surface area contributed by atoms with E-state index in [1.807, 2.05) is 24.3 Å². The highest BCUT2D eigenvalue weighted by atomic mass is 32.2. The molecule has 9 heteroatoms. The van der Waals surface area contributed by atoms with Crippen LogP contribution in [0.2, 0.25) is 0 Å². The lowest BCUT2D eigenvalue weighted by atomic mass is 10.2. The fourth-order valence-corrected chi connectivity index (χ4v) is 7.06. The number of hydrogen-bond donors (Lipinski definition) is 0. The molecule has 2 aliphatic rings. The molecule has 0 aliphatic carbocycles. The normalized spacial score (nSPS) is 20.3. The van der Waals surface area contributed by atoms with Crippen molar-refractivity contribution in [1.82, 2.24) is 19.1 Å². The molecule has 2 aliphatic heterocycles. The van der Waals surface area contributed by atoms with Crippen molar-refractivity contribution in [2.75, 3.05) is 52.5 Å². The van der Waals surface area contributed by atoms with Crippen molar-refractivity contribution in [3.05, 3.63) is 59.1 Å². The number of hydrogen-bond acceptors (Lipinski definition) is 7. The minimum atomic E-state index is -3.47. The smallest absolute Gasteiger partial charge is 0.243 e. The molecule has 7 nitrogen and oxygen atoms in total. The summed E-state index contributed by atoms with van der Waals surface area (Å²) in [5, 5.41) is 1.17. The van der Waals surface area contributed by atoms with E-state index in [2.05, 4.69) is 34.9 Å². The summed E-state index contributed by atoms with van der Waals surface area (Å²) >= 11 is 1.78. The number of fused-ring (bicyclic) bond motifs is 1. The summed E-state index contributed by atoms with van der Waals surface area (Å²) in [5.41, 5.74) is 2.12. The maximum atomic E-state index is 13.0. The Hall–Kier alpha value is -1.88. The summed E-state index contributed by atoms with van der Waals surface area (Å²) in [5.74, 6) is 0. The van der Waals surface area contributed by atoms with Crippen LogP contribution in [0.15, 0.2) is 53.4 Å². The minimum absolute atomic E-state index is 0.298. The second-order valence-electron chi connectivity index (χ2n) is 8.67. The van der Waals surface area contributed by atoms with Gasteiger partial charge in [0.15, 0.2) is 0 Å². The van der Waals surface area contributed by atoms with E-state index in [4.69, 9.17) is 9.72 Å². The molecular formula is C24H30N4O3S2. The number of piperazine rings is 1. The molecule has 0 N–H and O–H groups in total. The Kier molecular flexibility index (Phi) is 6.78. The van der Waals surface area contributed by atoms with E-state index in [-0.39, 0.29) is 0 Å². The largest absolute Gasteiger partial charge is 0.379 e. The minimum Gasteiger partial charge on any atom is -0.379 e. The van der Waals surface area contributed by atoms with Crippen molar-refractivity contribution in [2.24, 2.45) is 0 Å². The SMILES string of the molecule is C[C@H](c1nc2ccccc2s1)N1CCN(Cc2cccc(S(=O)(=O)N3CCOCC3)c2)CC1. The van der Waals surface area contributed by atoms with Gasteiger partial charge in [0.25, 0.3) is 0 Å². The van der Waals surface area contributed by atoms with E-state index in [1.165, 1.54) is 14.0 Å². The van der Waals surface area contributed by atoms with Crippen LogP contribution in [0.4, 0.5) is 0 Å². The van der Waals surface area contributed by atoms with Crippen LogP contribution in [-0.2, 0) is 21.3 Å². The van der Waals surface area contributed by atoms with Gasteiger partial charge in [-0.1, -0.05) is 24.3 Å². The Morgan fingerprint density at radius 3 is 2.52 bits per heavy atom. The highest BCUT2D eigenvalue weighted by Crippen LogP contribution is 2.30. The number of benzene rings is 2. The van der Waals surface area contributed by atoms with Gasteiger partial charge < -0.3 is 4.74 Å². The van der Waals surface area contributed by atoms with Crippen LogP contribution >= 0.6 is 11.3 Å². The molecule has 0 radical (unpaired) electrons. The number of thiazole rings is 1. The maximum Gasteiger partial charge on any atom is 0.243 e. The molecule has 0 bridgehead atoms. The summed E-state index contributed by atoms with van der Waals surface area (Å²) in [7, 11) is -3.47. The quantitative estimate of drug-likeness (QED) is 0.533. The Balaban J connectivity index is 1.20. The van der Waals surface area contributed by atoms with Crippen molar-refractivity contribution in [1.29, 1.82) is 0 Å². The summed E-state index contributed by atoms with van der Waals surface area (Å²) in [6.45, 7) is 8.61. The predicted octanol–water partition coefficient (Wildman–Crippen LogP) is 3.20. The first-order valence-electron chi connectivity index (χ1n) is 11.5. The van der Waals surface area contributed by atoms with E-state index in [9.17, 15) is 8.42 Å². The predicted molar refractivity (Wildman–Crippen MR) is 131 cm³/mol. The Morgan fingerprint density at radius 2 is 1.76 bits per heavy atom. The maximum absolute atomic E-state index is 13.0. The van der Waals surface area contributed by atoms with E-state index < -0.39 is 10.0 Å². The summed E-state index contributed by atoms with van der Waals surface area (Å²) < 4.78 is 34.1. The summed E-state index contributed by atoms with van der Waals surface area (Å²) in [6, 6.07) is 16.0. The van der Waals surface area contributed by atoms with Crippen molar-refractivity contribution >= 4 is 31.6 Å². The molecule has 0 saturated carbocycles. The highest BCUT2D eigenvalue weighted by Gasteiger charge is 2.27. The monoisotopic (exact) mass is 486 g/mol. The highest BCUT2D eigenvalue weighted by molar-refractivity contribution is 7.89. The van der Waals surface area contributed by atoms with E-state index in [1.54, 1.807) is 17.4 Å². The topological polar surface area (TPSA) is 66.0 Å². The zero-order chi connectivity index (χ0) is 22.8. The van der Waals surface area contributed by atoms with Crippen LogP contribution in [0.3, 0.4) is 0 Å². The molecule has 1 aromatic heterocycles. The Morgan fingerprint density at radius 1 is 1.00 bits per heavy atom. The lowest BCUT2D eigenvalue weighted by Crippen LogP contribution is -2.46. The fraction of sp³-hybridized carbons (Fsp3) is 0.458. The van der Waals surface area contributed by atoms with Crippen LogP contribution in [0.25, 0.3) is 10.2 Å². The molecule has 3 heterocycles. The molecule has 2 saturated heterocycles. The van der Waals surface area contributed by atoms with Gasteiger partial charge in [0.1, 0.15) is 5.01 Å². The van der Waals surface area contributed by atoms with E-state index >= 15 is 0 Å². The van der Waals surface area contributed by atoms with Gasteiger partial charge in [0, 0.05) is 45.8 Å². The second-order valence-corrected chi connectivity index (χ2v) is 11.7. The van der Waals surface area contributed by atoms with Crippen LogP contribution in [-0.4, -0.2) is 80.0 Å². The van der Waals surface area contributed by atoms with E-state index in [0.29, 0.717) is 37.2 Å². The average molecular weight is 487 g/mol. The van der Waals surface area contributed by atoms with Gasteiger partial charge in [-0.05, 0) is 36.8 Å². The molecule has 176 valence electrons. The number of sulfonamides is 1. The second kappa shape index (κ2) is 9.77. The molecular weight excluding hydrogens is 456 g/mol. The van der Waals surface area contributed by atoms with Gasteiger partial charge in [0.2, 0.25) is 10.0 Å². The number of aromatic nitrogens is 1. The van der Waals surface area contributed by atoms with Gasteiger partial charge in [-0.25, -0.2) is 13.4 Å². The average Bonchev–Trinajstić information content (AvgIpc) is 3.29. The first-order chi connectivity index (χ1) is 16.0. The fourth-order valence-electron chi connectivity index (χ4n) is 4.53. The zero-order valence-corrected chi connectivity index (χ0v) is 20.5. The molecule has 5 rings (SSSR count). The molecule has 3 aromatic rings. The molecule has 0 spiro atoms. The van der Waals surface area contributed by atoms with Crippen molar-refractivity contribution in [3.8, 4) is 0 Å². The first kappa shape index (κ1) is 22.9. The van der Waals surface area contributed by atoms with Crippen LogP contribution in [0.5, 0.6) is 0 Å². The van der Waals surface area contributed by atoms with Crippen molar-refractivity contribution in [3.63, 3.8) is 0 Å². The summed E-state index contributed by atoms with van der Waals surface area (Å²) in [4.78, 5) is 10.1. The number of para-hydroxylation sites is 1. The van der Waals surface area contributed by atoms with Gasteiger partial charge in [-0.2, -0.15) is 4.31 Å². The standard InChI is InChI=1S/C24H30N4O3S2/c1-19(24-25-22-7-2-3-8-23(22)32-24)27-11-9-26(10-12-27)18-20-5-4-6-21(17-20)33(29,30)28-13-15-31-16-14-28/h2-8,17,19H,9-16,18H2,1H3/t19-/m1/s1. The Labute approximate surface area is 199 Å². The third-order valence-corrected chi connectivity index (χ3v) is 9.64. The summed E-state index contributed by atoms with van der Waals surface area (Å²) in [6.07, 6.45) is 0. The van der Waals surface area contributed by atoms with Gasteiger partial charge in [-0.3, -0.25) is 9.80 Å².